The summed E-state index contributed by atoms with van der Waals surface area (Å²) in [6.45, 7) is 3.60. The largest absolute Gasteiger partial charge is 0.325 e. The lowest BCUT2D eigenvalue weighted by atomic mass is 10.2. The van der Waals surface area contributed by atoms with E-state index in [2.05, 4.69) is 25.9 Å². The lowest BCUT2D eigenvalue weighted by Crippen LogP contribution is -2.19. The highest BCUT2D eigenvalue weighted by Crippen LogP contribution is 2.30. The number of nitrogens with one attached hydrogen (secondary N) is 3. The number of fused-ring (bicyclic) bond motifs is 1. The molecule has 0 fully saturated rings. The van der Waals surface area contributed by atoms with E-state index in [0.29, 0.717) is 31.6 Å². The highest BCUT2D eigenvalue weighted by Gasteiger charge is 2.19. The van der Waals surface area contributed by atoms with Gasteiger partial charge in [-0.25, -0.2) is 23.2 Å². The van der Waals surface area contributed by atoms with E-state index in [1.807, 2.05) is 25.1 Å². The monoisotopic (exact) mass is 501 g/mol. The van der Waals surface area contributed by atoms with Gasteiger partial charge in [0, 0.05) is 11.9 Å². The molecule has 0 radical (unpaired) electrons. The van der Waals surface area contributed by atoms with E-state index in [-0.39, 0.29) is 10.0 Å². The zero-order valence-corrected chi connectivity index (χ0v) is 20.2. The minimum Gasteiger partial charge on any atom is -0.308 e. The Kier molecular flexibility index (Phi) is 6.15. The van der Waals surface area contributed by atoms with Gasteiger partial charge in [0.05, 0.1) is 20.8 Å². The van der Waals surface area contributed by atoms with Gasteiger partial charge in [-0.2, -0.15) is 0 Å². The summed E-state index contributed by atoms with van der Waals surface area (Å²) in [6.07, 6.45) is 1.14. The van der Waals surface area contributed by atoms with Gasteiger partial charge in [0.15, 0.2) is 20.1 Å². The van der Waals surface area contributed by atoms with Crippen LogP contribution < -0.4 is 16.0 Å². The predicted molar refractivity (Wildman–Crippen MR) is 131 cm³/mol. The molecule has 0 bridgehead atoms. The molecule has 3 N–H and O–H groups in total. The fourth-order valence-electron chi connectivity index (χ4n) is 2.99. The Morgan fingerprint density at radius 1 is 0.909 bits per heavy atom. The quantitative estimate of drug-likeness (QED) is 0.364. The molecule has 3 amide bonds. The highest BCUT2D eigenvalue weighted by atomic mass is 32.2. The number of urea groups is 1. The number of sulfone groups is 1. The molecule has 0 aliphatic carbocycles. The van der Waals surface area contributed by atoms with Crippen molar-refractivity contribution in [2.75, 3.05) is 22.2 Å². The van der Waals surface area contributed by atoms with Crippen molar-refractivity contribution in [1.29, 1.82) is 0 Å². The number of aryl methyl sites for hydroxylation is 2. The van der Waals surface area contributed by atoms with Gasteiger partial charge in [-0.15, -0.1) is 0 Å². The van der Waals surface area contributed by atoms with E-state index in [1.165, 1.54) is 23.5 Å². The molecule has 0 saturated heterocycles. The van der Waals surface area contributed by atoms with Crippen LogP contribution in [0.5, 0.6) is 0 Å². The van der Waals surface area contributed by atoms with Crippen molar-refractivity contribution < 1.29 is 18.0 Å². The molecule has 0 atom stereocenters. The number of anilines is 3. The van der Waals surface area contributed by atoms with Crippen LogP contribution >= 0.6 is 22.7 Å². The highest BCUT2D eigenvalue weighted by molar-refractivity contribution is 7.90. The van der Waals surface area contributed by atoms with Crippen LogP contribution in [0.3, 0.4) is 0 Å². The average Bonchev–Trinajstić information content (AvgIpc) is 3.28. The third-order valence-electron chi connectivity index (χ3n) is 4.51. The maximum absolute atomic E-state index is 12.8. The molecule has 2 aromatic carbocycles. The van der Waals surface area contributed by atoms with Crippen LogP contribution in [0.1, 0.15) is 20.9 Å². The number of rotatable bonds is 5. The number of aromatic nitrogens is 2. The fraction of sp³-hybridized carbons (Fsp3) is 0.143. The van der Waals surface area contributed by atoms with Gasteiger partial charge >= 0.3 is 6.03 Å². The van der Waals surface area contributed by atoms with E-state index in [4.69, 9.17) is 0 Å². The molecule has 0 aliphatic heterocycles. The summed E-state index contributed by atoms with van der Waals surface area (Å²) < 4.78 is 24.2. The molecule has 0 aliphatic rings. The molecule has 0 saturated carbocycles. The van der Waals surface area contributed by atoms with Gasteiger partial charge in [-0.05, 0) is 49.7 Å². The van der Waals surface area contributed by atoms with Crippen LogP contribution in [-0.4, -0.2) is 36.6 Å². The minimum atomic E-state index is -3.34. The third-order valence-corrected chi connectivity index (χ3v) is 7.62. The Morgan fingerprint density at radius 3 is 2.39 bits per heavy atom. The molecule has 12 heteroatoms. The van der Waals surface area contributed by atoms with Gasteiger partial charge in [0.2, 0.25) is 0 Å². The fourth-order valence-corrected chi connectivity index (χ4v) is 5.46. The summed E-state index contributed by atoms with van der Waals surface area (Å²) in [5.41, 5.74) is 2.70. The van der Waals surface area contributed by atoms with Crippen molar-refractivity contribution in [2.24, 2.45) is 0 Å². The zero-order chi connectivity index (χ0) is 23.8. The Balaban J connectivity index is 1.46. The van der Waals surface area contributed by atoms with Gasteiger partial charge in [0.25, 0.3) is 5.91 Å². The topological polar surface area (TPSA) is 130 Å². The third kappa shape index (κ3) is 5.35. The van der Waals surface area contributed by atoms with Crippen molar-refractivity contribution in [1.82, 2.24) is 9.97 Å². The molecular formula is C21H19N5O4S3. The first-order valence-corrected chi connectivity index (χ1v) is 13.1. The molecule has 2 heterocycles. The number of carbonyl (C=O) groups excluding carboxylic acids is 2. The van der Waals surface area contributed by atoms with Crippen molar-refractivity contribution in [3.63, 3.8) is 0 Å². The SMILES string of the molecule is Cc1cccc(NC(=O)Nc2nc(C)c(C(=O)Nc3nc4ccc(S(C)(=O)=O)cc4s3)s2)c1. The molecule has 170 valence electrons. The molecule has 4 aromatic rings. The molecule has 0 spiro atoms. The smallest absolute Gasteiger partial charge is 0.308 e. The summed E-state index contributed by atoms with van der Waals surface area (Å²) in [5, 5.41) is 8.70. The second-order valence-corrected chi connectivity index (χ2v) is 11.3. The number of hydrogen-bond acceptors (Lipinski definition) is 8. The lowest BCUT2D eigenvalue weighted by Gasteiger charge is -2.05. The first-order chi connectivity index (χ1) is 15.6. The van der Waals surface area contributed by atoms with Gasteiger partial charge < -0.3 is 5.32 Å². The minimum absolute atomic E-state index is 0.189. The predicted octanol–water partition coefficient (Wildman–Crippen LogP) is 4.67. The second kappa shape index (κ2) is 8.89. The molecule has 4 rings (SSSR count). The summed E-state index contributed by atoms with van der Waals surface area (Å²) in [5.74, 6) is -0.417. The Morgan fingerprint density at radius 2 is 1.67 bits per heavy atom. The first-order valence-electron chi connectivity index (χ1n) is 9.62. The summed E-state index contributed by atoms with van der Waals surface area (Å²) in [4.78, 5) is 34.1. The number of thiazole rings is 2. The summed E-state index contributed by atoms with van der Waals surface area (Å²) >= 11 is 2.22. The lowest BCUT2D eigenvalue weighted by molar-refractivity contribution is 0.102. The van der Waals surface area contributed by atoms with Crippen molar-refractivity contribution in [2.45, 2.75) is 18.7 Å². The average molecular weight is 502 g/mol. The van der Waals surface area contributed by atoms with E-state index >= 15 is 0 Å². The zero-order valence-electron chi connectivity index (χ0n) is 17.8. The number of nitrogens with zero attached hydrogens (tertiary/aromatic N) is 2. The summed E-state index contributed by atoms with van der Waals surface area (Å²) in [6, 6.07) is 11.5. The molecular weight excluding hydrogens is 482 g/mol. The van der Waals surface area contributed by atoms with E-state index in [9.17, 15) is 18.0 Å². The van der Waals surface area contributed by atoms with Crippen LogP contribution in [0.15, 0.2) is 47.4 Å². The van der Waals surface area contributed by atoms with Crippen LogP contribution in [-0.2, 0) is 9.84 Å². The molecule has 33 heavy (non-hydrogen) atoms. The number of benzene rings is 2. The maximum atomic E-state index is 12.8. The normalized spacial score (nSPS) is 11.4. The van der Waals surface area contributed by atoms with Crippen molar-refractivity contribution >= 4 is 70.6 Å². The van der Waals surface area contributed by atoms with Crippen LogP contribution in [0, 0.1) is 13.8 Å². The van der Waals surface area contributed by atoms with E-state index < -0.39 is 21.8 Å². The molecule has 0 unspecified atom stereocenters. The van der Waals surface area contributed by atoms with Crippen LogP contribution in [0.2, 0.25) is 0 Å². The Labute approximate surface area is 197 Å². The molecule has 2 aromatic heterocycles. The molecule has 9 nitrogen and oxygen atoms in total. The Bertz CT molecular complexity index is 1490. The number of hydrogen-bond donors (Lipinski definition) is 3. The maximum Gasteiger partial charge on any atom is 0.325 e. The van der Waals surface area contributed by atoms with Gasteiger partial charge in [-0.3, -0.25) is 15.4 Å². The van der Waals surface area contributed by atoms with Crippen LogP contribution in [0.4, 0.5) is 20.7 Å². The number of amides is 3. The first kappa shape index (κ1) is 22.8. The second-order valence-electron chi connectivity index (χ2n) is 7.26. The van der Waals surface area contributed by atoms with Gasteiger partial charge in [0.1, 0.15) is 4.88 Å². The summed E-state index contributed by atoms with van der Waals surface area (Å²) in [7, 11) is -3.34. The van der Waals surface area contributed by atoms with E-state index in [1.54, 1.807) is 19.1 Å². The standard InChI is InChI=1S/C21H19N5O4S3/c1-11-5-4-6-13(9-11)23-19(28)26-20-22-12(2)17(32-20)18(27)25-21-24-15-8-7-14(33(3,29)30)10-16(15)31-21/h4-10H,1-3H3,(H,24,25,27)(H2,22,23,26,28). The van der Waals surface area contributed by atoms with Crippen molar-refractivity contribution in [3.8, 4) is 0 Å². The number of carbonyl (C=O) groups is 2. The Hall–Kier alpha value is -3.35. The van der Waals surface area contributed by atoms with Crippen molar-refractivity contribution in [3.05, 3.63) is 58.6 Å². The van der Waals surface area contributed by atoms with Gasteiger partial charge in [-0.1, -0.05) is 34.8 Å². The van der Waals surface area contributed by atoms with E-state index in [0.717, 1.165) is 23.2 Å². The van der Waals surface area contributed by atoms with Crippen LogP contribution in [0.25, 0.3) is 10.2 Å².